The molecule has 1 N–H and O–H groups in total. The average Bonchev–Trinajstić information content (AvgIpc) is 3.34. The number of fused-ring (bicyclic) bond motifs is 3. The molecule has 9 heteroatoms. The van der Waals surface area contributed by atoms with E-state index in [1.807, 2.05) is 31.3 Å². The van der Waals surface area contributed by atoms with Crippen LogP contribution in [-0.2, 0) is 0 Å². The molecule has 5 aromatic rings. The molecule has 198 valence electrons. The third-order valence-corrected chi connectivity index (χ3v) is 8.14. The van der Waals surface area contributed by atoms with E-state index in [0.29, 0.717) is 23.8 Å². The van der Waals surface area contributed by atoms with Crippen molar-refractivity contribution in [1.82, 2.24) is 29.7 Å². The molecule has 0 saturated carbocycles. The summed E-state index contributed by atoms with van der Waals surface area (Å²) < 4.78 is 8.20. The number of aromatic amines is 1. The Balaban J connectivity index is 1.63. The van der Waals surface area contributed by atoms with Gasteiger partial charge in [-0.3, -0.25) is 10.1 Å². The number of benzene rings is 1. The van der Waals surface area contributed by atoms with Crippen molar-refractivity contribution in [3.8, 4) is 22.7 Å². The number of aromatic nitrogens is 6. The van der Waals surface area contributed by atoms with Gasteiger partial charge in [0.25, 0.3) is 0 Å². The van der Waals surface area contributed by atoms with Crippen LogP contribution in [0.5, 0.6) is 5.75 Å². The van der Waals surface area contributed by atoms with E-state index in [4.69, 9.17) is 14.7 Å². The van der Waals surface area contributed by atoms with Crippen LogP contribution in [0.3, 0.4) is 0 Å². The molecule has 1 saturated heterocycles. The molecule has 0 amide bonds. The van der Waals surface area contributed by atoms with Crippen LogP contribution in [0.2, 0.25) is 0 Å². The van der Waals surface area contributed by atoms with E-state index >= 15 is 0 Å². The predicted molar refractivity (Wildman–Crippen MR) is 152 cm³/mol. The van der Waals surface area contributed by atoms with Crippen molar-refractivity contribution in [1.29, 1.82) is 0 Å². The molecule has 9 nitrogen and oxygen atoms in total. The maximum absolute atomic E-state index is 14.0. The van der Waals surface area contributed by atoms with Crippen LogP contribution in [0.15, 0.2) is 41.5 Å². The van der Waals surface area contributed by atoms with Crippen molar-refractivity contribution in [3.05, 3.63) is 64.0 Å². The summed E-state index contributed by atoms with van der Waals surface area (Å²) in [7, 11) is 0. The molecule has 1 atom stereocenters. The van der Waals surface area contributed by atoms with Crippen LogP contribution in [0.4, 0.5) is 5.82 Å². The molecule has 0 bridgehead atoms. The molecule has 0 spiro atoms. The molecule has 6 heterocycles. The fraction of sp³-hybridized carbons (Fsp3) is 0.367. The second kappa shape index (κ2) is 8.90. The van der Waals surface area contributed by atoms with Crippen LogP contribution in [-0.4, -0.2) is 48.9 Å². The van der Waals surface area contributed by atoms with Gasteiger partial charge in [-0.2, -0.15) is 10.1 Å². The van der Waals surface area contributed by atoms with Crippen molar-refractivity contribution in [2.24, 2.45) is 0 Å². The van der Waals surface area contributed by atoms with Crippen molar-refractivity contribution in [2.45, 2.75) is 58.9 Å². The van der Waals surface area contributed by atoms with Gasteiger partial charge in [0.05, 0.1) is 34.8 Å². The van der Waals surface area contributed by atoms with E-state index in [2.05, 4.69) is 46.9 Å². The Bertz CT molecular complexity index is 1820. The quantitative estimate of drug-likeness (QED) is 0.348. The van der Waals surface area contributed by atoms with Crippen molar-refractivity contribution >= 4 is 27.8 Å². The van der Waals surface area contributed by atoms with Crippen LogP contribution in [0.1, 0.15) is 55.8 Å². The molecule has 2 aliphatic rings. The third kappa shape index (κ3) is 3.63. The first-order chi connectivity index (χ1) is 18.9. The normalized spacial score (nSPS) is 16.9. The number of rotatable bonds is 3. The highest BCUT2D eigenvalue weighted by atomic mass is 16.5. The molecule has 0 unspecified atom stereocenters. The Morgan fingerprint density at radius 3 is 2.82 bits per heavy atom. The van der Waals surface area contributed by atoms with Crippen molar-refractivity contribution < 1.29 is 4.74 Å². The summed E-state index contributed by atoms with van der Waals surface area (Å²) >= 11 is 0. The van der Waals surface area contributed by atoms with Gasteiger partial charge in [-0.15, -0.1) is 0 Å². The zero-order chi connectivity index (χ0) is 26.8. The number of pyridine rings is 2. The summed E-state index contributed by atoms with van der Waals surface area (Å²) in [5.41, 5.74) is 6.41. The first-order valence-electron chi connectivity index (χ1n) is 13.7. The maximum atomic E-state index is 14.0. The number of aryl methyl sites for hydroxylation is 2. The number of hydrogen-bond acceptors (Lipinski definition) is 7. The molecule has 7 rings (SSSR count). The highest BCUT2D eigenvalue weighted by molar-refractivity contribution is 6.00. The standard InChI is InChI=1S/C30H31N7O2/c1-16(2)26-27(18(4)10-11-31-26)37-29-25-23(39-15-19-7-5-6-12-36(19)28(25)34-30(37)38)13-22(33-29)24-17(3)8-9-21-20(24)14-32-35-21/h8-11,13-14,16,19H,5-7,12,15H2,1-4H3,(H,32,35)/t19-/m0/s1. The largest absolute Gasteiger partial charge is 0.490 e. The number of H-pyrrole nitrogens is 1. The second-order valence-electron chi connectivity index (χ2n) is 11.0. The van der Waals surface area contributed by atoms with Gasteiger partial charge in [0.2, 0.25) is 0 Å². The lowest BCUT2D eigenvalue weighted by Gasteiger charge is -2.34. The smallest absolute Gasteiger partial charge is 0.355 e. The molecule has 1 fully saturated rings. The van der Waals surface area contributed by atoms with Gasteiger partial charge in [0, 0.05) is 29.8 Å². The summed E-state index contributed by atoms with van der Waals surface area (Å²) in [4.78, 5) is 31.0. The van der Waals surface area contributed by atoms with E-state index in [9.17, 15) is 4.79 Å². The van der Waals surface area contributed by atoms with Crippen molar-refractivity contribution in [3.63, 3.8) is 0 Å². The predicted octanol–water partition coefficient (Wildman–Crippen LogP) is 5.21. The first kappa shape index (κ1) is 23.8. The van der Waals surface area contributed by atoms with Crippen LogP contribution >= 0.6 is 0 Å². The Labute approximate surface area is 225 Å². The molecule has 0 aliphatic carbocycles. The minimum absolute atomic E-state index is 0.101. The molecule has 39 heavy (non-hydrogen) atoms. The van der Waals surface area contributed by atoms with Gasteiger partial charge in [-0.1, -0.05) is 19.9 Å². The van der Waals surface area contributed by atoms with E-state index < -0.39 is 0 Å². The Morgan fingerprint density at radius 2 is 1.97 bits per heavy atom. The third-order valence-electron chi connectivity index (χ3n) is 8.14. The van der Waals surface area contributed by atoms with Gasteiger partial charge in [0.1, 0.15) is 23.6 Å². The van der Waals surface area contributed by atoms with Crippen LogP contribution in [0.25, 0.3) is 38.9 Å². The fourth-order valence-corrected chi connectivity index (χ4v) is 6.21. The molecular weight excluding hydrogens is 490 g/mol. The summed E-state index contributed by atoms with van der Waals surface area (Å²) in [5, 5.41) is 9.10. The number of ether oxygens (including phenoxy) is 1. The zero-order valence-electron chi connectivity index (χ0n) is 22.7. The lowest BCUT2D eigenvalue weighted by atomic mass is 10.00. The Hall–Kier alpha value is -4.27. The Morgan fingerprint density at radius 1 is 1.10 bits per heavy atom. The topological polar surface area (TPSA) is 102 Å². The number of piperidine rings is 1. The summed E-state index contributed by atoms with van der Waals surface area (Å²) in [6.45, 7) is 9.63. The van der Waals surface area contributed by atoms with E-state index in [0.717, 1.165) is 75.9 Å². The number of nitrogens with zero attached hydrogens (tertiary/aromatic N) is 6. The highest BCUT2D eigenvalue weighted by Crippen LogP contribution is 2.42. The average molecular weight is 522 g/mol. The number of anilines is 1. The molecule has 2 aliphatic heterocycles. The van der Waals surface area contributed by atoms with E-state index in [1.165, 1.54) is 0 Å². The van der Waals surface area contributed by atoms with E-state index in [1.54, 1.807) is 10.8 Å². The zero-order valence-corrected chi connectivity index (χ0v) is 22.7. The molecule has 4 aromatic heterocycles. The molecular formula is C30H31N7O2. The summed E-state index contributed by atoms with van der Waals surface area (Å²) in [6.07, 6.45) is 6.83. The van der Waals surface area contributed by atoms with Gasteiger partial charge in [-0.25, -0.2) is 14.3 Å². The SMILES string of the molecule is Cc1ccnc(C(C)C)c1-n1c(=O)nc2c3c(cc(-c4c(C)ccc5[nH]ncc45)nc31)OC[C@@H]1CCCCN21. The number of nitrogens with one attached hydrogen (secondary N) is 1. The second-order valence-corrected chi connectivity index (χ2v) is 11.0. The van der Waals surface area contributed by atoms with Gasteiger partial charge in [-0.05, 0) is 62.3 Å². The first-order valence-corrected chi connectivity index (χ1v) is 13.7. The van der Waals surface area contributed by atoms with Gasteiger partial charge >= 0.3 is 5.69 Å². The summed E-state index contributed by atoms with van der Waals surface area (Å²) in [6, 6.07) is 8.20. The highest BCUT2D eigenvalue weighted by Gasteiger charge is 2.33. The van der Waals surface area contributed by atoms with Crippen molar-refractivity contribution in [2.75, 3.05) is 18.1 Å². The molecule has 1 aromatic carbocycles. The lowest BCUT2D eigenvalue weighted by Crippen LogP contribution is -2.43. The monoisotopic (exact) mass is 521 g/mol. The van der Waals surface area contributed by atoms with Gasteiger partial charge < -0.3 is 9.64 Å². The van der Waals surface area contributed by atoms with Gasteiger partial charge in [0.15, 0.2) is 5.65 Å². The van der Waals surface area contributed by atoms with Crippen LogP contribution < -0.4 is 15.3 Å². The van der Waals surface area contributed by atoms with E-state index in [-0.39, 0.29) is 17.6 Å². The minimum atomic E-state index is -0.351. The van der Waals surface area contributed by atoms with Crippen LogP contribution in [0, 0.1) is 13.8 Å². The molecule has 0 radical (unpaired) electrons. The lowest BCUT2D eigenvalue weighted by molar-refractivity contribution is 0.267. The minimum Gasteiger partial charge on any atom is -0.490 e. The maximum Gasteiger partial charge on any atom is 0.355 e. The number of hydrogen-bond donors (Lipinski definition) is 1. The summed E-state index contributed by atoms with van der Waals surface area (Å²) in [5.74, 6) is 1.48. The fourth-order valence-electron chi connectivity index (χ4n) is 6.21. The Kier molecular flexibility index (Phi) is 5.43.